The number of benzene rings is 2. The van der Waals surface area contributed by atoms with Crippen LogP contribution in [0.1, 0.15) is 92.8 Å². The summed E-state index contributed by atoms with van der Waals surface area (Å²) in [7, 11) is -2.18. The molecule has 2 aromatic carbocycles. The Labute approximate surface area is 434 Å². The van der Waals surface area contributed by atoms with E-state index in [4.69, 9.17) is 10.8 Å². The van der Waals surface area contributed by atoms with Gasteiger partial charge < -0.3 is 46.6 Å². The van der Waals surface area contributed by atoms with Crippen molar-refractivity contribution in [1.82, 2.24) is 40.6 Å². The van der Waals surface area contributed by atoms with Gasteiger partial charge in [0.15, 0.2) is 9.84 Å². The van der Waals surface area contributed by atoms with Crippen molar-refractivity contribution in [3.8, 4) is 11.1 Å². The second kappa shape index (κ2) is 22.6. The van der Waals surface area contributed by atoms with E-state index in [0.717, 1.165) is 46.9 Å². The zero-order valence-electron chi connectivity index (χ0n) is 41.2. The van der Waals surface area contributed by atoms with Gasteiger partial charge in [-0.2, -0.15) is 0 Å². The van der Waals surface area contributed by atoms with Crippen LogP contribution in [0.2, 0.25) is 0 Å². The first-order chi connectivity index (χ1) is 35.7. The normalized spacial score (nSPS) is 18.0. The number of carboxylic acids is 1. The summed E-state index contributed by atoms with van der Waals surface area (Å²) in [5, 5.41) is 22.6. The summed E-state index contributed by atoms with van der Waals surface area (Å²) in [4.78, 5) is 133. The zero-order valence-corrected chi connectivity index (χ0v) is 42.9. The van der Waals surface area contributed by atoms with E-state index >= 15 is 0 Å². The predicted octanol–water partition coefficient (Wildman–Crippen LogP) is 0.532. The molecule has 0 bridgehead atoms. The van der Waals surface area contributed by atoms with Gasteiger partial charge in [-0.15, -0.1) is 11.8 Å². The molecule has 2 unspecified atom stereocenters. The smallest absolute Gasteiger partial charge is 0.321 e. The summed E-state index contributed by atoms with van der Waals surface area (Å²) in [6.45, 7) is 0.709. The molecule has 3 aliphatic heterocycles. The molecule has 2 saturated heterocycles. The number of aliphatic carboxylic acids is 1. The van der Waals surface area contributed by atoms with Crippen molar-refractivity contribution in [2.45, 2.75) is 81.0 Å². The highest BCUT2D eigenvalue weighted by Crippen LogP contribution is 2.38. The molecule has 75 heavy (non-hydrogen) atoms. The molecule has 1 aliphatic carbocycles. The van der Waals surface area contributed by atoms with E-state index in [1.165, 1.54) is 22.6 Å². The van der Waals surface area contributed by atoms with Crippen molar-refractivity contribution in [2.75, 3.05) is 50.0 Å². The summed E-state index contributed by atoms with van der Waals surface area (Å²) >= 11 is 0.972. The fourth-order valence-electron chi connectivity index (χ4n) is 9.42. The number of likely N-dealkylation sites (tertiary alicyclic amines) is 1. The molecule has 0 spiro atoms. The van der Waals surface area contributed by atoms with Gasteiger partial charge in [0.1, 0.15) is 23.3 Å². The third kappa shape index (κ3) is 12.6. The predicted molar refractivity (Wildman–Crippen MR) is 275 cm³/mol. The molecule has 1 saturated carbocycles. The molecule has 3 atom stereocenters. The quantitative estimate of drug-likeness (QED) is 0.0371. The fraction of sp³-hybridized carbons (Fsp3) is 0.440. The number of hydrogen-bond acceptors (Lipinski definition) is 15. The zero-order chi connectivity index (χ0) is 53.9. The van der Waals surface area contributed by atoms with Gasteiger partial charge in [-0.25, -0.2) is 8.42 Å². The van der Waals surface area contributed by atoms with E-state index in [1.807, 2.05) is 6.07 Å². The molecule has 398 valence electrons. The van der Waals surface area contributed by atoms with Crippen LogP contribution in [0.15, 0.2) is 47.4 Å². The van der Waals surface area contributed by atoms with Crippen molar-refractivity contribution in [3.63, 3.8) is 0 Å². The maximum Gasteiger partial charge on any atom is 0.321 e. The molecule has 4 aromatic rings. The van der Waals surface area contributed by atoms with E-state index in [2.05, 4.69) is 31.6 Å². The summed E-state index contributed by atoms with van der Waals surface area (Å²) in [5.41, 5.74) is 9.05. The van der Waals surface area contributed by atoms with Crippen LogP contribution in [0.5, 0.6) is 0 Å². The first-order valence-corrected chi connectivity index (χ1v) is 27.6. The number of carbonyl (C=O) groups excluding carboxylic acids is 8. The Hall–Kier alpha value is -7.38. The molecule has 4 aliphatic rings. The highest BCUT2D eigenvalue weighted by molar-refractivity contribution is 8.00. The lowest BCUT2D eigenvalue weighted by molar-refractivity contribution is -0.140. The average molecular weight is 1070 g/mol. The third-order valence-corrected chi connectivity index (χ3v) is 15.7. The van der Waals surface area contributed by atoms with Crippen molar-refractivity contribution in [2.24, 2.45) is 18.7 Å². The number of anilines is 1. The number of nitrogens with one attached hydrogen (secondary N) is 6. The van der Waals surface area contributed by atoms with Gasteiger partial charge in [-0.05, 0) is 79.0 Å². The lowest BCUT2D eigenvalue weighted by atomic mass is 9.95. The van der Waals surface area contributed by atoms with Crippen LogP contribution < -0.4 is 37.9 Å². The highest BCUT2D eigenvalue weighted by atomic mass is 32.2. The Morgan fingerprint density at radius 1 is 0.920 bits per heavy atom. The monoisotopic (exact) mass is 1070 g/mol. The van der Waals surface area contributed by atoms with Gasteiger partial charge in [-0.1, -0.05) is 12.1 Å². The molecular weight excluding hydrogens is 1010 g/mol. The maximum absolute atomic E-state index is 14.1. The van der Waals surface area contributed by atoms with Gasteiger partial charge in [0, 0.05) is 117 Å². The number of nitrogens with zero attached hydrogens (tertiary/aromatic N) is 3. The van der Waals surface area contributed by atoms with Crippen LogP contribution in [-0.4, -0.2) is 148 Å². The van der Waals surface area contributed by atoms with Crippen LogP contribution >= 0.6 is 11.8 Å². The number of sulfone groups is 1. The molecule has 23 nitrogen and oxygen atoms in total. The van der Waals surface area contributed by atoms with Crippen molar-refractivity contribution < 1.29 is 56.7 Å². The van der Waals surface area contributed by atoms with Gasteiger partial charge in [0.2, 0.25) is 29.5 Å². The van der Waals surface area contributed by atoms with E-state index in [0.29, 0.717) is 53.1 Å². The minimum atomic E-state index is -3.72. The molecule has 9 N–H and O–H groups in total. The average Bonchev–Trinajstić information content (AvgIpc) is 3.88. The Kier molecular flexibility index (Phi) is 16.3. The maximum atomic E-state index is 14.1. The van der Waals surface area contributed by atoms with Gasteiger partial charge in [0.25, 0.3) is 23.3 Å². The number of nitrogens with two attached hydrogens (primary N) is 1. The number of hydrogen-bond donors (Lipinski definition) is 8. The second-order valence-electron chi connectivity index (χ2n) is 19.3. The Balaban J connectivity index is 0.937. The minimum absolute atomic E-state index is 0.0159. The first kappa shape index (κ1) is 53.9. The SMILES string of the molecule is Cn1cc(-c2cc(CS(C)(=O)=O)c(C(=O)NCCCc3cccc4c3CN(C3CCC(=O)NC3=O)C4=O)cc2NCC2CC2)c2cc(C(=O)NCCNC(=O)CCN3C(=O)CC(SC[C@H](N)C(=O)O)C3=O)[nH]c2c1=O. The van der Waals surface area contributed by atoms with E-state index in [1.54, 1.807) is 30.5 Å². The molecule has 2 aromatic heterocycles. The molecule has 0 radical (unpaired) electrons. The number of carboxylic acid groups (broad SMARTS) is 1. The Morgan fingerprint density at radius 2 is 1.67 bits per heavy atom. The molecular formula is C50H58N10O13S2. The van der Waals surface area contributed by atoms with Gasteiger partial charge >= 0.3 is 5.97 Å². The number of rotatable bonds is 23. The van der Waals surface area contributed by atoms with Gasteiger partial charge in [-0.3, -0.25) is 58.2 Å². The summed E-state index contributed by atoms with van der Waals surface area (Å²) in [6, 6.07) is 8.13. The van der Waals surface area contributed by atoms with Crippen LogP contribution in [0.4, 0.5) is 5.69 Å². The minimum Gasteiger partial charge on any atom is -0.480 e. The largest absolute Gasteiger partial charge is 0.480 e. The number of aryl methyl sites for hydroxylation is 2. The summed E-state index contributed by atoms with van der Waals surface area (Å²) in [5.74, 6) is -5.21. The molecule has 8 amide bonds. The number of amides is 8. The number of carbonyl (C=O) groups is 9. The number of aromatic amines is 1. The first-order valence-electron chi connectivity index (χ1n) is 24.5. The van der Waals surface area contributed by atoms with E-state index in [9.17, 15) is 56.4 Å². The van der Waals surface area contributed by atoms with Crippen LogP contribution in [0, 0.1) is 5.92 Å². The molecule has 3 fully saturated rings. The lowest BCUT2D eigenvalue weighted by Gasteiger charge is -2.29. The van der Waals surface area contributed by atoms with Crippen molar-refractivity contribution >= 4 is 91.4 Å². The topological polar surface area (TPSA) is 338 Å². The Bertz CT molecular complexity index is 3200. The van der Waals surface area contributed by atoms with Crippen molar-refractivity contribution in [1.29, 1.82) is 0 Å². The number of H-pyrrole nitrogens is 1. The second-order valence-corrected chi connectivity index (χ2v) is 22.7. The van der Waals surface area contributed by atoms with Crippen LogP contribution in [-0.2, 0) is 64.4 Å². The summed E-state index contributed by atoms with van der Waals surface area (Å²) in [6.07, 6.45) is 5.59. The summed E-state index contributed by atoms with van der Waals surface area (Å²) < 4.78 is 27.2. The number of fused-ring (bicyclic) bond motifs is 2. The number of aromatic nitrogens is 2. The van der Waals surface area contributed by atoms with E-state index in [-0.39, 0.29) is 98.3 Å². The number of imide groups is 2. The van der Waals surface area contributed by atoms with Crippen LogP contribution in [0.3, 0.4) is 0 Å². The van der Waals surface area contributed by atoms with Crippen molar-refractivity contribution in [3.05, 3.63) is 86.5 Å². The highest BCUT2D eigenvalue weighted by Gasteiger charge is 2.41. The van der Waals surface area contributed by atoms with E-state index < -0.39 is 79.9 Å². The molecule has 5 heterocycles. The number of thioether (sulfide) groups is 1. The number of piperidine rings is 1. The third-order valence-electron chi connectivity index (χ3n) is 13.6. The molecule has 8 rings (SSSR count). The van der Waals surface area contributed by atoms with Crippen LogP contribution in [0.25, 0.3) is 22.0 Å². The fourth-order valence-corrected chi connectivity index (χ4v) is 11.3. The Morgan fingerprint density at radius 3 is 2.39 bits per heavy atom. The standard InChI is InChI=1S/C50H58N10O13S2/c1-58-22-34(32-19-37(56-43(32)49(58)69)45(65)54-15-14-52-40(61)12-16-59-42(63)20-39(48(59)68)74-24-35(51)50(70)71)31-17-28(25-75(2,72)73)30(18-36(31)55-21-26-8-9-26)44(64)53-13-4-6-27-5-3-7-29-33(27)23-60(47(29)67)38-10-11-41(62)57-46(38)66/h3,5,7,17-19,22,26,35,38-39,55-56H,4,6,8-16,20-21,23-25,51H2,1-2H3,(H,52,61)(H,53,64)(H,54,65)(H,70,71)(H,57,62,66)/t35-,38?,39?/m0/s1. The molecule has 25 heteroatoms. The van der Waals surface area contributed by atoms with Gasteiger partial charge in [0.05, 0.1) is 11.0 Å². The lowest BCUT2D eigenvalue weighted by Crippen LogP contribution is -2.52. The number of pyridine rings is 1.